The van der Waals surface area contributed by atoms with Crippen LogP contribution in [0.15, 0.2) is 54.7 Å². The van der Waals surface area contributed by atoms with E-state index in [0.29, 0.717) is 23.4 Å². The first-order valence-corrected chi connectivity index (χ1v) is 10.7. The largest absolute Gasteiger partial charge is 0.350 e. The van der Waals surface area contributed by atoms with Gasteiger partial charge in [-0.25, -0.2) is 14.4 Å². The van der Waals surface area contributed by atoms with Gasteiger partial charge in [0.2, 0.25) is 5.95 Å². The second-order valence-corrected chi connectivity index (χ2v) is 8.17. The van der Waals surface area contributed by atoms with Crippen LogP contribution in [0.4, 0.5) is 10.3 Å². The molecule has 2 N–H and O–H groups in total. The van der Waals surface area contributed by atoms with E-state index >= 15 is 0 Å². The number of fused-ring (bicyclic) bond motifs is 1. The quantitative estimate of drug-likeness (QED) is 0.465. The molecule has 2 aromatic carbocycles. The number of nitrogens with zero attached hydrogens (tertiary/aromatic N) is 4. The lowest BCUT2D eigenvalue weighted by molar-refractivity contribution is 0.490. The van der Waals surface area contributed by atoms with Crippen LogP contribution in [-0.4, -0.2) is 32.6 Å². The summed E-state index contributed by atoms with van der Waals surface area (Å²) in [5.74, 6) is 1.56. The summed E-state index contributed by atoms with van der Waals surface area (Å²) in [7, 11) is 0. The van der Waals surface area contributed by atoms with Crippen molar-refractivity contribution in [3.05, 3.63) is 71.1 Å². The zero-order chi connectivity index (χ0) is 21.2. The summed E-state index contributed by atoms with van der Waals surface area (Å²) in [5, 5.41) is 7.31. The minimum atomic E-state index is -0.251. The number of imidazole rings is 1. The molecule has 0 saturated carbocycles. The molecular weight excluding hydrogens is 415 g/mol. The maximum Gasteiger partial charge on any atom is 0.225 e. The van der Waals surface area contributed by atoms with Gasteiger partial charge in [-0.15, -0.1) is 0 Å². The van der Waals surface area contributed by atoms with Gasteiger partial charge in [0.25, 0.3) is 0 Å². The average molecular weight is 437 g/mol. The van der Waals surface area contributed by atoms with Gasteiger partial charge < -0.3 is 15.2 Å². The van der Waals surface area contributed by atoms with Crippen molar-refractivity contribution in [2.75, 3.05) is 18.4 Å². The average Bonchev–Trinajstić information content (AvgIpc) is 3.42. The molecule has 31 heavy (non-hydrogen) atoms. The molecule has 4 aromatic rings. The van der Waals surface area contributed by atoms with E-state index in [2.05, 4.69) is 20.2 Å². The Kier molecular flexibility index (Phi) is 5.53. The van der Waals surface area contributed by atoms with Gasteiger partial charge in [-0.2, -0.15) is 4.98 Å². The molecule has 0 aliphatic carbocycles. The van der Waals surface area contributed by atoms with Crippen molar-refractivity contribution in [3.8, 4) is 11.4 Å². The third-order valence-electron chi connectivity index (χ3n) is 5.57. The normalized spacial score (nSPS) is 16.1. The Morgan fingerprint density at radius 3 is 2.74 bits per heavy atom. The summed E-state index contributed by atoms with van der Waals surface area (Å²) >= 11 is 6.49. The van der Waals surface area contributed by atoms with Crippen molar-refractivity contribution in [1.82, 2.24) is 24.8 Å². The van der Waals surface area contributed by atoms with Crippen molar-refractivity contribution >= 4 is 28.7 Å². The predicted molar refractivity (Wildman–Crippen MR) is 120 cm³/mol. The predicted octanol–water partition coefficient (Wildman–Crippen LogP) is 4.51. The highest BCUT2D eigenvalue weighted by Crippen LogP contribution is 2.31. The highest BCUT2D eigenvalue weighted by atomic mass is 35.5. The first kappa shape index (κ1) is 19.9. The van der Waals surface area contributed by atoms with Crippen LogP contribution in [0.25, 0.3) is 22.6 Å². The molecule has 1 saturated heterocycles. The molecule has 0 bridgehead atoms. The topological polar surface area (TPSA) is 67.7 Å². The lowest BCUT2D eigenvalue weighted by atomic mass is 10.1. The fraction of sp³-hybridized carbons (Fsp3) is 0.261. The maximum absolute atomic E-state index is 13.1. The highest BCUT2D eigenvalue weighted by molar-refractivity contribution is 6.33. The number of hydrogen-bond donors (Lipinski definition) is 2. The Hall–Kier alpha value is -3.03. The summed E-state index contributed by atoms with van der Waals surface area (Å²) in [6.07, 6.45) is 2.85. The van der Waals surface area contributed by atoms with Crippen molar-refractivity contribution in [2.24, 2.45) is 5.92 Å². The highest BCUT2D eigenvalue weighted by Gasteiger charge is 2.22. The number of nitrogens with one attached hydrogen (secondary N) is 2. The molecule has 8 heteroatoms. The van der Waals surface area contributed by atoms with Gasteiger partial charge in [0, 0.05) is 18.7 Å². The molecule has 1 unspecified atom stereocenters. The standard InChI is InChI=1S/C23H22ClFN6/c24-19-4-2-1-3-18(19)21-29-20-13-28-23(27-12-15-5-7-17(25)8-6-15)30-22(20)31(21)14-16-9-10-26-11-16/h1-8,13,16,26H,9-12,14H2,(H,27,28,30). The molecule has 2 aromatic heterocycles. The second-order valence-electron chi connectivity index (χ2n) is 7.77. The van der Waals surface area contributed by atoms with Gasteiger partial charge in [-0.05, 0) is 55.3 Å². The number of anilines is 1. The molecule has 6 nitrogen and oxygen atoms in total. The molecule has 1 aliphatic heterocycles. The minimum Gasteiger partial charge on any atom is -0.350 e. The molecular formula is C23H22ClFN6. The summed E-state index contributed by atoms with van der Waals surface area (Å²) in [4.78, 5) is 14.0. The monoisotopic (exact) mass is 436 g/mol. The summed E-state index contributed by atoms with van der Waals surface area (Å²) in [5.41, 5.74) is 3.34. The van der Waals surface area contributed by atoms with Crippen molar-refractivity contribution in [3.63, 3.8) is 0 Å². The van der Waals surface area contributed by atoms with Gasteiger partial charge in [0.1, 0.15) is 17.2 Å². The Morgan fingerprint density at radius 1 is 1.13 bits per heavy atom. The second kappa shape index (κ2) is 8.61. The van der Waals surface area contributed by atoms with Crippen molar-refractivity contribution < 1.29 is 4.39 Å². The van der Waals surface area contributed by atoms with Crippen LogP contribution in [0, 0.1) is 11.7 Å². The summed E-state index contributed by atoms with van der Waals surface area (Å²) < 4.78 is 15.3. The number of hydrogen-bond acceptors (Lipinski definition) is 5. The van der Waals surface area contributed by atoms with E-state index in [-0.39, 0.29) is 5.82 Å². The summed E-state index contributed by atoms with van der Waals surface area (Å²) in [6.45, 7) is 3.31. The molecule has 1 atom stereocenters. The van der Waals surface area contributed by atoms with Crippen LogP contribution >= 0.6 is 11.6 Å². The number of rotatable bonds is 6. The zero-order valence-corrected chi connectivity index (χ0v) is 17.6. The van der Waals surface area contributed by atoms with Crippen LogP contribution in [0.5, 0.6) is 0 Å². The van der Waals surface area contributed by atoms with Crippen molar-refractivity contribution in [2.45, 2.75) is 19.5 Å². The third-order valence-corrected chi connectivity index (χ3v) is 5.90. The SMILES string of the molecule is Fc1ccc(CNc2ncc3nc(-c4ccccc4Cl)n(CC4CCNC4)c3n2)cc1. The Balaban J connectivity index is 1.51. The first-order chi connectivity index (χ1) is 15.2. The molecule has 1 aliphatic rings. The third kappa shape index (κ3) is 4.24. The lowest BCUT2D eigenvalue weighted by Crippen LogP contribution is -2.16. The molecule has 158 valence electrons. The van der Waals surface area contributed by atoms with E-state index in [4.69, 9.17) is 21.6 Å². The maximum atomic E-state index is 13.1. The van der Waals surface area contributed by atoms with Crippen LogP contribution in [-0.2, 0) is 13.1 Å². The molecule has 5 rings (SSSR count). The van der Waals surface area contributed by atoms with E-state index in [0.717, 1.165) is 54.2 Å². The van der Waals surface area contributed by atoms with Gasteiger partial charge in [0.05, 0.1) is 11.2 Å². The van der Waals surface area contributed by atoms with Crippen LogP contribution in [0.2, 0.25) is 5.02 Å². The molecule has 0 spiro atoms. The number of benzene rings is 2. The lowest BCUT2D eigenvalue weighted by Gasteiger charge is -2.14. The zero-order valence-electron chi connectivity index (χ0n) is 16.9. The van der Waals surface area contributed by atoms with Gasteiger partial charge in [0.15, 0.2) is 5.65 Å². The first-order valence-electron chi connectivity index (χ1n) is 10.3. The van der Waals surface area contributed by atoms with E-state index in [1.54, 1.807) is 18.3 Å². The Morgan fingerprint density at radius 2 is 1.97 bits per heavy atom. The molecule has 1 fully saturated rings. The Bertz CT molecular complexity index is 1200. The number of aromatic nitrogens is 4. The van der Waals surface area contributed by atoms with Gasteiger partial charge in [-0.1, -0.05) is 35.9 Å². The fourth-order valence-electron chi connectivity index (χ4n) is 3.94. The van der Waals surface area contributed by atoms with Crippen molar-refractivity contribution in [1.29, 1.82) is 0 Å². The Labute approximate surface area is 184 Å². The van der Waals surface area contributed by atoms with Crippen LogP contribution in [0.3, 0.4) is 0 Å². The van der Waals surface area contributed by atoms with Crippen LogP contribution < -0.4 is 10.6 Å². The molecule has 3 heterocycles. The van der Waals surface area contributed by atoms with E-state index in [9.17, 15) is 4.39 Å². The molecule has 0 radical (unpaired) electrons. The minimum absolute atomic E-state index is 0.251. The smallest absolute Gasteiger partial charge is 0.225 e. The van der Waals surface area contributed by atoms with Gasteiger partial charge >= 0.3 is 0 Å². The number of halogens is 2. The van der Waals surface area contributed by atoms with E-state index in [1.165, 1.54) is 12.1 Å². The fourth-order valence-corrected chi connectivity index (χ4v) is 4.16. The van der Waals surface area contributed by atoms with E-state index < -0.39 is 0 Å². The molecule has 0 amide bonds. The van der Waals surface area contributed by atoms with Crippen LogP contribution in [0.1, 0.15) is 12.0 Å². The van der Waals surface area contributed by atoms with Gasteiger partial charge in [-0.3, -0.25) is 0 Å². The summed E-state index contributed by atoms with van der Waals surface area (Å²) in [6, 6.07) is 14.1. The van der Waals surface area contributed by atoms with E-state index in [1.807, 2.05) is 24.3 Å².